The van der Waals surface area contributed by atoms with E-state index in [1.807, 2.05) is 6.07 Å². The number of benzene rings is 1. The zero-order chi connectivity index (χ0) is 15.7. The highest BCUT2D eigenvalue weighted by molar-refractivity contribution is 5.75. The Balaban J connectivity index is 1.97. The summed E-state index contributed by atoms with van der Waals surface area (Å²) in [5, 5.41) is 3.37. The summed E-state index contributed by atoms with van der Waals surface area (Å²) < 4.78 is 28.1. The molecule has 0 spiro atoms. The molecular weight excluding hydrogens is 286 g/mol. The van der Waals surface area contributed by atoms with E-state index in [-0.39, 0.29) is 5.54 Å². The average Bonchev–Trinajstić information content (AvgIpc) is 2.74. The van der Waals surface area contributed by atoms with Gasteiger partial charge in [0.05, 0.1) is 17.6 Å². The number of rotatable bonds is 3. The van der Waals surface area contributed by atoms with E-state index in [0.29, 0.717) is 23.4 Å². The van der Waals surface area contributed by atoms with Crippen LogP contribution in [0, 0.1) is 0 Å². The molecule has 0 bridgehead atoms. The summed E-state index contributed by atoms with van der Waals surface area (Å²) in [6.07, 6.45) is 0.988. The van der Waals surface area contributed by atoms with Crippen molar-refractivity contribution >= 4 is 11.0 Å². The second kappa shape index (κ2) is 5.93. The van der Waals surface area contributed by atoms with Crippen LogP contribution in [0.25, 0.3) is 11.0 Å². The first kappa shape index (κ1) is 15.4. The fourth-order valence-electron chi connectivity index (χ4n) is 3.08. The first-order valence-corrected chi connectivity index (χ1v) is 7.69. The van der Waals surface area contributed by atoms with Crippen LogP contribution in [0.4, 0.5) is 8.78 Å². The maximum Gasteiger partial charge on any atom is 0.320 e. The fourth-order valence-corrected chi connectivity index (χ4v) is 3.08. The van der Waals surface area contributed by atoms with Gasteiger partial charge in [-0.05, 0) is 38.9 Å². The van der Waals surface area contributed by atoms with E-state index < -0.39 is 6.55 Å². The first-order valence-electron chi connectivity index (χ1n) is 7.69. The molecule has 1 aliphatic heterocycles. The second-order valence-corrected chi connectivity index (χ2v) is 6.40. The third-order valence-corrected chi connectivity index (χ3v) is 4.52. The Bertz CT molecular complexity index is 651. The molecule has 0 radical (unpaired) electrons. The van der Waals surface area contributed by atoms with E-state index in [1.165, 1.54) is 0 Å². The molecule has 0 saturated carbocycles. The summed E-state index contributed by atoms with van der Waals surface area (Å²) in [6, 6.07) is 7.08. The Hall–Kier alpha value is -1.53. The van der Waals surface area contributed by atoms with E-state index in [0.717, 1.165) is 30.6 Å². The number of nitrogens with one attached hydrogen (secondary N) is 1. The Kier molecular flexibility index (Phi) is 4.14. The van der Waals surface area contributed by atoms with Gasteiger partial charge in [0.2, 0.25) is 0 Å². The van der Waals surface area contributed by atoms with Gasteiger partial charge in [-0.1, -0.05) is 12.1 Å². The van der Waals surface area contributed by atoms with Gasteiger partial charge in [0.25, 0.3) is 0 Å². The molecule has 1 fully saturated rings. The number of hydrogen-bond donors (Lipinski definition) is 1. The molecule has 1 saturated heterocycles. The van der Waals surface area contributed by atoms with Crippen molar-refractivity contribution in [1.82, 2.24) is 19.8 Å². The summed E-state index contributed by atoms with van der Waals surface area (Å²) in [4.78, 5) is 6.69. The van der Waals surface area contributed by atoms with Crippen molar-refractivity contribution in [3.8, 4) is 0 Å². The van der Waals surface area contributed by atoms with E-state index in [9.17, 15) is 8.78 Å². The number of para-hydroxylation sites is 2. The molecule has 2 heterocycles. The van der Waals surface area contributed by atoms with Gasteiger partial charge < -0.3 is 5.32 Å². The molecule has 22 heavy (non-hydrogen) atoms. The third-order valence-electron chi connectivity index (χ3n) is 4.52. The lowest BCUT2D eigenvalue weighted by Gasteiger charge is -2.36. The molecule has 120 valence electrons. The maximum atomic E-state index is 13.5. The van der Waals surface area contributed by atoms with Crippen molar-refractivity contribution in [2.24, 2.45) is 0 Å². The minimum absolute atomic E-state index is 0.0331. The van der Waals surface area contributed by atoms with Gasteiger partial charge in [0.1, 0.15) is 5.82 Å². The summed E-state index contributed by atoms with van der Waals surface area (Å²) in [6.45, 7) is 4.85. The maximum absolute atomic E-state index is 13.5. The smallest absolute Gasteiger partial charge is 0.315 e. The van der Waals surface area contributed by atoms with Crippen LogP contribution in [0.1, 0.15) is 32.6 Å². The van der Waals surface area contributed by atoms with Crippen LogP contribution in [0.5, 0.6) is 0 Å². The van der Waals surface area contributed by atoms with Gasteiger partial charge in [-0.25, -0.2) is 4.98 Å². The molecule has 1 aliphatic rings. The molecule has 2 aromatic rings. The van der Waals surface area contributed by atoms with Gasteiger partial charge >= 0.3 is 6.55 Å². The highest BCUT2D eigenvalue weighted by Gasteiger charge is 2.30. The van der Waals surface area contributed by atoms with Crippen LogP contribution in [-0.2, 0) is 6.54 Å². The monoisotopic (exact) mass is 308 g/mol. The van der Waals surface area contributed by atoms with Crippen LogP contribution in [0.15, 0.2) is 24.3 Å². The van der Waals surface area contributed by atoms with Gasteiger partial charge in [-0.2, -0.15) is 8.78 Å². The van der Waals surface area contributed by atoms with Gasteiger partial charge in [-0.3, -0.25) is 9.47 Å². The topological polar surface area (TPSA) is 33.1 Å². The molecule has 0 unspecified atom stereocenters. The Morgan fingerprint density at radius 1 is 1.27 bits per heavy atom. The molecule has 0 atom stereocenters. The normalized spacial score (nSPS) is 19.7. The number of nitrogens with zero attached hydrogens (tertiary/aromatic N) is 3. The molecular formula is C16H22F2N4. The summed E-state index contributed by atoms with van der Waals surface area (Å²) in [5.74, 6) is 0.436. The first-order chi connectivity index (χ1) is 10.5. The van der Waals surface area contributed by atoms with Crippen molar-refractivity contribution in [3.05, 3.63) is 30.1 Å². The minimum atomic E-state index is -2.57. The predicted molar refractivity (Wildman–Crippen MR) is 83.0 cm³/mol. The highest BCUT2D eigenvalue weighted by Crippen LogP contribution is 2.27. The molecule has 4 nitrogen and oxygen atoms in total. The van der Waals surface area contributed by atoms with Crippen molar-refractivity contribution in [1.29, 1.82) is 0 Å². The minimum Gasteiger partial charge on any atom is -0.315 e. The third kappa shape index (κ3) is 2.85. The Labute approximate surface area is 129 Å². The van der Waals surface area contributed by atoms with Crippen LogP contribution >= 0.6 is 0 Å². The number of fused-ring (bicyclic) bond motifs is 1. The largest absolute Gasteiger partial charge is 0.320 e. The Morgan fingerprint density at radius 2 is 2.05 bits per heavy atom. The summed E-state index contributed by atoms with van der Waals surface area (Å²) >= 11 is 0. The fraction of sp³-hybridized carbons (Fsp3) is 0.562. The molecule has 3 rings (SSSR count). The second-order valence-electron chi connectivity index (χ2n) is 6.40. The quantitative estimate of drug-likeness (QED) is 0.946. The molecule has 6 heteroatoms. The van der Waals surface area contributed by atoms with E-state index in [4.69, 9.17) is 0 Å². The molecule has 0 aliphatic carbocycles. The number of aromatic nitrogens is 2. The standard InChI is InChI=1S/C16H22F2N4/c1-16(2)7-8-19-9-10-21(16)11-14-20-12-5-3-4-6-13(12)22(14)15(17)18/h3-6,15,19H,7-11H2,1-2H3. The molecule has 1 aromatic heterocycles. The molecule has 0 amide bonds. The van der Waals surface area contributed by atoms with Crippen LogP contribution in [0.2, 0.25) is 0 Å². The van der Waals surface area contributed by atoms with E-state index in [1.54, 1.807) is 18.2 Å². The van der Waals surface area contributed by atoms with E-state index >= 15 is 0 Å². The lowest BCUT2D eigenvalue weighted by molar-refractivity contribution is 0.0609. The lowest BCUT2D eigenvalue weighted by Crippen LogP contribution is -2.44. The van der Waals surface area contributed by atoms with Gasteiger partial charge in [0, 0.05) is 18.6 Å². The number of hydrogen-bond acceptors (Lipinski definition) is 3. The highest BCUT2D eigenvalue weighted by atomic mass is 19.3. The van der Waals surface area contributed by atoms with Crippen molar-refractivity contribution in [2.45, 2.75) is 38.9 Å². The summed E-state index contributed by atoms with van der Waals surface area (Å²) in [5.41, 5.74) is 1.09. The SMILES string of the molecule is CC1(C)CCNCCN1Cc1nc2ccccc2n1C(F)F. The summed E-state index contributed by atoms with van der Waals surface area (Å²) in [7, 11) is 0. The predicted octanol–water partition coefficient (Wildman–Crippen LogP) is 3.01. The lowest BCUT2D eigenvalue weighted by atomic mass is 9.98. The molecule has 1 aromatic carbocycles. The zero-order valence-corrected chi connectivity index (χ0v) is 13.0. The zero-order valence-electron chi connectivity index (χ0n) is 13.0. The average molecular weight is 308 g/mol. The Morgan fingerprint density at radius 3 is 2.82 bits per heavy atom. The van der Waals surface area contributed by atoms with Crippen molar-refractivity contribution in [3.63, 3.8) is 0 Å². The number of imidazole rings is 1. The van der Waals surface area contributed by atoms with Crippen molar-refractivity contribution < 1.29 is 8.78 Å². The molecule has 1 N–H and O–H groups in total. The van der Waals surface area contributed by atoms with Crippen molar-refractivity contribution in [2.75, 3.05) is 19.6 Å². The van der Waals surface area contributed by atoms with Crippen LogP contribution in [-0.4, -0.2) is 39.6 Å². The van der Waals surface area contributed by atoms with Gasteiger partial charge in [-0.15, -0.1) is 0 Å². The number of halogens is 2. The van der Waals surface area contributed by atoms with Gasteiger partial charge in [0.15, 0.2) is 0 Å². The van der Waals surface area contributed by atoms with E-state index in [2.05, 4.69) is 29.0 Å². The van der Waals surface area contributed by atoms with Crippen LogP contribution < -0.4 is 5.32 Å². The van der Waals surface area contributed by atoms with Crippen LogP contribution in [0.3, 0.4) is 0 Å². The number of alkyl halides is 2.